The van der Waals surface area contributed by atoms with E-state index >= 15 is 0 Å². The Labute approximate surface area is 274 Å². The minimum Gasteiger partial charge on any atom is -0.470 e. The number of aliphatic imine (C=N–C) groups is 1. The Morgan fingerprint density at radius 3 is 1.98 bits per heavy atom. The van der Waals surface area contributed by atoms with Gasteiger partial charge in [0.2, 0.25) is 6.29 Å². The van der Waals surface area contributed by atoms with E-state index in [-0.39, 0.29) is 11.6 Å². The Balaban J connectivity index is 1.91. The van der Waals surface area contributed by atoms with Crippen LogP contribution in [-0.4, -0.2) is 63.0 Å². The van der Waals surface area contributed by atoms with Crippen molar-refractivity contribution in [1.82, 2.24) is 0 Å². The lowest BCUT2D eigenvalue weighted by Gasteiger charge is -2.44. The molecule has 0 amide bonds. The second-order valence-corrected chi connectivity index (χ2v) is 18.5. The highest BCUT2D eigenvalue weighted by molar-refractivity contribution is 6.74. The molecule has 250 valence electrons. The van der Waals surface area contributed by atoms with Gasteiger partial charge in [-0.25, -0.2) is 0 Å². The number of ether oxygens (including phenoxy) is 3. The normalized spacial score (nSPS) is 22.4. The van der Waals surface area contributed by atoms with Gasteiger partial charge in [-0.2, -0.15) is 0 Å². The average molecular weight is 638 g/mol. The van der Waals surface area contributed by atoms with Crippen LogP contribution in [0, 0.1) is 0 Å². The van der Waals surface area contributed by atoms with Gasteiger partial charge >= 0.3 is 0 Å². The molecule has 1 unspecified atom stereocenters. The molecule has 0 bridgehead atoms. The van der Waals surface area contributed by atoms with Crippen molar-refractivity contribution in [2.45, 2.75) is 135 Å². The topological polar surface area (TPSA) is 69.5 Å². The fraction of sp³-hybridized carbons (Fsp3) is 0.605. The lowest BCUT2D eigenvalue weighted by atomic mass is 9.95. The number of aliphatic hydroxyl groups excluding tert-OH is 1. The van der Waals surface area contributed by atoms with Crippen molar-refractivity contribution >= 4 is 14.0 Å². The van der Waals surface area contributed by atoms with E-state index in [0.717, 1.165) is 29.7 Å². The van der Waals surface area contributed by atoms with Gasteiger partial charge in [0.05, 0.1) is 18.6 Å². The smallest absolute Gasteiger partial charge is 0.224 e. The molecule has 3 rings (SSSR count). The fourth-order valence-electron chi connectivity index (χ4n) is 5.26. The zero-order chi connectivity index (χ0) is 32.7. The van der Waals surface area contributed by atoms with E-state index in [2.05, 4.69) is 65.1 Å². The Morgan fingerprint density at radius 1 is 0.889 bits per heavy atom. The molecule has 0 radical (unpaired) electrons. The number of rotatable bonds is 18. The van der Waals surface area contributed by atoms with Gasteiger partial charge in [0.15, 0.2) is 8.32 Å². The third-order valence-corrected chi connectivity index (χ3v) is 13.6. The first-order chi connectivity index (χ1) is 21.6. The standard InChI is InChI=1S/C38H59NO5Si/c1-8-10-11-12-13-14-15-22-28-41-36-34(39-33(30-23-18-16-19-24-30)31-25-20-17-21-26-31)37(42-27-9-2)44-32(35(36)40)29-43-45(6,7)38(3,4)5/h9,16-21,23-27,32,34-37,40H,8,10-15,22,28-29H2,1-7H3/b27-9-/t32-,34-,35-,36?,37+/m1/s1. The third-order valence-electron chi connectivity index (χ3n) is 9.09. The van der Waals surface area contributed by atoms with Crippen LogP contribution >= 0.6 is 0 Å². The summed E-state index contributed by atoms with van der Waals surface area (Å²) in [6.07, 6.45) is 10.2. The SMILES string of the molecule is C/C=C\O[C@H]1O[C@H](CO[Si](C)(C)C(C)(C)C)[C@@H](O)C(OCCCCCCCCCC)[C@H]1N=C(c1ccccc1)c1ccccc1. The molecule has 0 saturated carbocycles. The Morgan fingerprint density at radius 2 is 1.44 bits per heavy atom. The zero-order valence-corrected chi connectivity index (χ0v) is 29.9. The van der Waals surface area contributed by atoms with Gasteiger partial charge in [0, 0.05) is 17.7 Å². The van der Waals surface area contributed by atoms with Crippen LogP contribution in [0.25, 0.3) is 0 Å². The first-order valence-corrected chi connectivity index (χ1v) is 20.0. The van der Waals surface area contributed by atoms with Crippen molar-refractivity contribution in [2.24, 2.45) is 4.99 Å². The van der Waals surface area contributed by atoms with E-state index in [4.69, 9.17) is 23.6 Å². The van der Waals surface area contributed by atoms with Gasteiger partial charge in [0.25, 0.3) is 0 Å². The van der Waals surface area contributed by atoms with Gasteiger partial charge < -0.3 is 23.7 Å². The summed E-state index contributed by atoms with van der Waals surface area (Å²) in [5.74, 6) is 0. The predicted octanol–water partition coefficient (Wildman–Crippen LogP) is 9.08. The van der Waals surface area contributed by atoms with Gasteiger partial charge in [-0.05, 0) is 31.5 Å². The highest BCUT2D eigenvalue weighted by Crippen LogP contribution is 2.37. The van der Waals surface area contributed by atoms with Crippen molar-refractivity contribution in [3.63, 3.8) is 0 Å². The van der Waals surface area contributed by atoms with Crippen molar-refractivity contribution in [2.75, 3.05) is 13.2 Å². The number of allylic oxidation sites excluding steroid dienone is 1. The maximum absolute atomic E-state index is 11.9. The molecule has 2 aromatic carbocycles. The van der Waals surface area contributed by atoms with Crippen molar-refractivity contribution in [3.8, 4) is 0 Å². The fourth-order valence-corrected chi connectivity index (χ4v) is 6.27. The highest BCUT2D eigenvalue weighted by atomic mass is 28.4. The summed E-state index contributed by atoms with van der Waals surface area (Å²) in [5.41, 5.74) is 2.77. The van der Waals surface area contributed by atoms with Crippen LogP contribution in [0.3, 0.4) is 0 Å². The number of unbranched alkanes of at least 4 members (excludes halogenated alkanes) is 7. The van der Waals surface area contributed by atoms with Crippen LogP contribution in [-0.2, 0) is 18.6 Å². The Hall–Kier alpha value is -2.29. The largest absolute Gasteiger partial charge is 0.470 e. The quantitative estimate of drug-likeness (QED) is 0.0764. The van der Waals surface area contributed by atoms with Gasteiger partial charge in [-0.3, -0.25) is 4.99 Å². The van der Waals surface area contributed by atoms with Gasteiger partial charge in [0.1, 0.15) is 24.4 Å². The molecule has 5 atom stereocenters. The number of nitrogens with zero attached hydrogens (tertiary/aromatic N) is 1. The van der Waals surface area contributed by atoms with Crippen LogP contribution < -0.4 is 0 Å². The first kappa shape index (κ1) is 37.2. The summed E-state index contributed by atoms with van der Waals surface area (Å²) in [5, 5.41) is 11.9. The highest BCUT2D eigenvalue weighted by Gasteiger charge is 2.48. The molecule has 6 nitrogen and oxygen atoms in total. The van der Waals surface area contributed by atoms with E-state index in [1.165, 1.54) is 38.5 Å². The number of benzene rings is 2. The molecule has 1 N–H and O–H groups in total. The molecule has 1 aliphatic heterocycles. The predicted molar refractivity (Wildman–Crippen MR) is 188 cm³/mol. The molecular weight excluding hydrogens is 579 g/mol. The zero-order valence-electron chi connectivity index (χ0n) is 28.9. The monoisotopic (exact) mass is 637 g/mol. The van der Waals surface area contributed by atoms with Crippen LogP contribution in [0.4, 0.5) is 0 Å². The van der Waals surface area contributed by atoms with E-state index in [0.29, 0.717) is 6.61 Å². The molecule has 7 heteroatoms. The second kappa shape index (κ2) is 18.8. The van der Waals surface area contributed by atoms with Gasteiger partial charge in [-0.1, -0.05) is 139 Å². The summed E-state index contributed by atoms with van der Waals surface area (Å²) < 4.78 is 25.8. The maximum Gasteiger partial charge on any atom is 0.224 e. The molecule has 1 fully saturated rings. The van der Waals surface area contributed by atoms with Crippen LogP contribution in [0.15, 0.2) is 78.0 Å². The average Bonchev–Trinajstić information content (AvgIpc) is 3.03. The molecule has 45 heavy (non-hydrogen) atoms. The molecule has 1 heterocycles. The molecule has 1 aliphatic rings. The van der Waals surface area contributed by atoms with E-state index in [1.54, 1.807) is 6.26 Å². The van der Waals surface area contributed by atoms with Crippen LogP contribution in [0.2, 0.25) is 18.1 Å². The number of aliphatic hydroxyl groups is 1. The lowest BCUT2D eigenvalue weighted by Crippen LogP contribution is -2.60. The van der Waals surface area contributed by atoms with E-state index in [9.17, 15) is 5.11 Å². The summed E-state index contributed by atoms with van der Waals surface area (Å²) in [7, 11) is -2.09. The van der Waals surface area contributed by atoms with E-state index < -0.39 is 39.0 Å². The summed E-state index contributed by atoms with van der Waals surface area (Å²) in [6.45, 7) is 16.0. The lowest BCUT2D eigenvalue weighted by molar-refractivity contribution is -0.257. The van der Waals surface area contributed by atoms with Crippen LogP contribution in [0.5, 0.6) is 0 Å². The van der Waals surface area contributed by atoms with Crippen molar-refractivity contribution in [3.05, 3.63) is 84.1 Å². The maximum atomic E-state index is 11.9. The summed E-state index contributed by atoms with van der Waals surface area (Å²) >= 11 is 0. The third kappa shape index (κ3) is 11.5. The second-order valence-electron chi connectivity index (χ2n) is 13.7. The number of hydrogen-bond donors (Lipinski definition) is 1. The van der Waals surface area contributed by atoms with Gasteiger partial charge in [-0.15, -0.1) is 0 Å². The summed E-state index contributed by atoms with van der Waals surface area (Å²) in [4.78, 5) is 5.30. The molecule has 0 spiro atoms. The summed E-state index contributed by atoms with van der Waals surface area (Å²) in [6, 6.07) is 19.7. The van der Waals surface area contributed by atoms with Crippen molar-refractivity contribution < 1.29 is 23.7 Å². The number of hydrogen-bond acceptors (Lipinski definition) is 6. The minimum atomic E-state index is -2.09. The Kier molecular flexibility index (Phi) is 15.5. The van der Waals surface area contributed by atoms with E-state index in [1.807, 2.05) is 49.4 Å². The molecule has 0 aliphatic carbocycles. The van der Waals surface area contributed by atoms with Crippen molar-refractivity contribution in [1.29, 1.82) is 0 Å². The molecular formula is C38H59NO5Si. The molecule has 2 aromatic rings. The first-order valence-electron chi connectivity index (χ1n) is 17.1. The van der Waals surface area contributed by atoms with Crippen LogP contribution in [0.1, 0.15) is 97.1 Å². The molecule has 1 saturated heterocycles. The molecule has 0 aromatic heterocycles. The Bertz CT molecular complexity index is 1110. The minimum absolute atomic E-state index is 0.0347.